The van der Waals surface area contributed by atoms with Crippen molar-refractivity contribution in [1.82, 2.24) is 15.3 Å². The fourth-order valence-corrected chi connectivity index (χ4v) is 4.61. The molecule has 1 amide bonds. The van der Waals surface area contributed by atoms with Gasteiger partial charge in [-0.2, -0.15) is 0 Å². The van der Waals surface area contributed by atoms with E-state index in [0.29, 0.717) is 5.92 Å². The van der Waals surface area contributed by atoms with Crippen molar-refractivity contribution in [3.8, 4) is 0 Å². The van der Waals surface area contributed by atoms with Crippen molar-refractivity contribution >= 4 is 29.3 Å². The molecule has 0 saturated heterocycles. The van der Waals surface area contributed by atoms with Crippen LogP contribution in [0.25, 0.3) is 0 Å². The number of aliphatic carboxylic acids is 1. The Balaban J connectivity index is 1.17. The van der Waals surface area contributed by atoms with E-state index in [0.717, 1.165) is 69.0 Å². The van der Waals surface area contributed by atoms with E-state index in [1.54, 1.807) is 0 Å². The number of halogens is 2. The summed E-state index contributed by atoms with van der Waals surface area (Å²) in [5.74, 6) is -1.45. The van der Waals surface area contributed by atoms with Gasteiger partial charge in [0, 0.05) is 31.5 Å². The highest BCUT2D eigenvalue weighted by Gasteiger charge is 2.30. The van der Waals surface area contributed by atoms with E-state index >= 15 is 0 Å². The van der Waals surface area contributed by atoms with Crippen LogP contribution < -0.4 is 10.6 Å². The van der Waals surface area contributed by atoms with E-state index in [9.17, 15) is 19.1 Å². The Labute approximate surface area is 202 Å². The second-order valence-electron chi connectivity index (χ2n) is 8.84. The molecule has 182 valence electrons. The van der Waals surface area contributed by atoms with Crippen LogP contribution >= 0.6 is 11.6 Å². The molecule has 0 spiro atoms. The molecule has 0 radical (unpaired) electrons. The number of nitrogens with one attached hydrogen (secondary N) is 2. The predicted molar refractivity (Wildman–Crippen MR) is 125 cm³/mol. The Kier molecular flexibility index (Phi) is 7.95. The first-order valence-electron chi connectivity index (χ1n) is 11.6. The molecule has 1 aliphatic heterocycles. The van der Waals surface area contributed by atoms with Gasteiger partial charge in [0.25, 0.3) is 5.91 Å². The summed E-state index contributed by atoms with van der Waals surface area (Å²) in [5.41, 5.74) is 1.97. The van der Waals surface area contributed by atoms with Gasteiger partial charge in [0.15, 0.2) is 5.82 Å². The van der Waals surface area contributed by atoms with Crippen molar-refractivity contribution < 1.29 is 23.8 Å². The van der Waals surface area contributed by atoms with Gasteiger partial charge in [-0.1, -0.05) is 17.7 Å². The Morgan fingerprint density at radius 2 is 2.15 bits per heavy atom. The van der Waals surface area contributed by atoms with Crippen LogP contribution in [0.5, 0.6) is 0 Å². The lowest BCUT2D eigenvalue weighted by Crippen LogP contribution is -2.42. The van der Waals surface area contributed by atoms with Crippen molar-refractivity contribution in [2.75, 3.05) is 18.5 Å². The lowest BCUT2D eigenvalue weighted by molar-refractivity contribution is -0.140. The highest BCUT2D eigenvalue weighted by Crippen LogP contribution is 2.34. The topological polar surface area (TPSA) is 113 Å². The number of carboxylic acid groups (broad SMARTS) is 1. The van der Waals surface area contributed by atoms with Crippen LogP contribution in [-0.4, -0.2) is 52.2 Å². The number of pyridine rings is 2. The van der Waals surface area contributed by atoms with Crippen LogP contribution in [0.3, 0.4) is 0 Å². The first-order valence-corrected chi connectivity index (χ1v) is 12.0. The maximum Gasteiger partial charge on any atom is 0.326 e. The van der Waals surface area contributed by atoms with Gasteiger partial charge in [-0.3, -0.25) is 9.78 Å². The van der Waals surface area contributed by atoms with Gasteiger partial charge >= 0.3 is 5.97 Å². The average Bonchev–Trinajstić information content (AvgIpc) is 2.78. The minimum Gasteiger partial charge on any atom is -0.480 e. The molecule has 2 aliphatic rings. The van der Waals surface area contributed by atoms with E-state index in [-0.39, 0.29) is 24.2 Å². The quantitative estimate of drug-likeness (QED) is 0.466. The van der Waals surface area contributed by atoms with Crippen LogP contribution in [-0.2, 0) is 22.4 Å². The molecule has 2 aromatic rings. The predicted octanol–water partition coefficient (Wildman–Crippen LogP) is 3.63. The largest absolute Gasteiger partial charge is 0.480 e. The molecule has 1 fully saturated rings. The number of carbonyl (C=O) groups is 2. The molecule has 8 nitrogen and oxygen atoms in total. The molecule has 0 bridgehead atoms. The third kappa shape index (κ3) is 6.01. The van der Waals surface area contributed by atoms with E-state index < -0.39 is 29.3 Å². The maximum atomic E-state index is 13.9. The maximum absolute atomic E-state index is 13.9. The summed E-state index contributed by atoms with van der Waals surface area (Å²) in [6.45, 7) is 1.16. The smallest absolute Gasteiger partial charge is 0.326 e. The lowest BCUT2D eigenvalue weighted by Gasteiger charge is -2.35. The molecular weight excluding hydrogens is 463 g/mol. The van der Waals surface area contributed by atoms with E-state index in [1.807, 2.05) is 0 Å². The molecule has 0 unspecified atom stereocenters. The number of hydrogen-bond donors (Lipinski definition) is 3. The number of hydrogen-bond acceptors (Lipinski definition) is 6. The van der Waals surface area contributed by atoms with Crippen LogP contribution in [0, 0.1) is 11.7 Å². The molecule has 10 heteroatoms. The van der Waals surface area contributed by atoms with Gasteiger partial charge < -0.3 is 20.5 Å². The van der Waals surface area contributed by atoms with Gasteiger partial charge in [-0.25, -0.2) is 14.2 Å². The molecular formula is C24H28ClFN4O4. The standard InChI is InChI=1S/C24H28ClFN4O4/c25-18-12-27-13-19(26)21(18)23(31)30-20(24(32)33)7-9-34-17-10-14(11-17)3-5-16-6-4-15-2-1-8-28-22(15)29-16/h4,6,12-14,17,20H,1-3,5,7-11H2,(H,28,29)(H,30,31)(H,32,33)/t14?,17?,20-/m0/s1. The fraction of sp³-hybridized carbons (Fsp3) is 0.500. The number of aryl methyl sites for hydroxylation is 2. The number of aromatic nitrogens is 2. The molecule has 3 N–H and O–H groups in total. The number of anilines is 1. The number of rotatable bonds is 10. The van der Waals surface area contributed by atoms with Gasteiger partial charge in [0.1, 0.15) is 11.9 Å². The Bertz CT molecular complexity index is 1030. The first-order chi connectivity index (χ1) is 16.4. The van der Waals surface area contributed by atoms with Crippen molar-refractivity contribution in [3.05, 3.63) is 52.2 Å². The van der Waals surface area contributed by atoms with Crippen molar-refractivity contribution in [2.45, 2.75) is 57.1 Å². The van der Waals surface area contributed by atoms with E-state index in [2.05, 4.69) is 27.8 Å². The van der Waals surface area contributed by atoms with Crippen molar-refractivity contribution in [2.24, 2.45) is 5.92 Å². The fourth-order valence-electron chi connectivity index (χ4n) is 4.37. The van der Waals surface area contributed by atoms with Gasteiger partial charge in [0.05, 0.1) is 22.9 Å². The van der Waals surface area contributed by atoms with Crippen LogP contribution in [0.2, 0.25) is 5.02 Å². The summed E-state index contributed by atoms with van der Waals surface area (Å²) in [6, 6.07) is 3.07. The zero-order valence-corrected chi connectivity index (χ0v) is 19.5. The summed E-state index contributed by atoms with van der Waals surface area (Å²) in [5, 5.41) is 14.9. The highest BCUT2D eigenvalue weighted by atomic mass is 35.5. The third-order valence-electron chi connectivity index (χ3n) is 6.40. The average molecular weight is 491 g/mol. The van der Waals surface area contributed by atoms with Gasteiger partial charge in [-0.15, -0.1) is 0 Å². The van der Waals surface area contributed by atoms with Crippen LogP contribution in [0.1, 0.15) is 53.7 Å². The van der Waals surface area contributed by atoms with Crippen molar-refractivity contribution in [3.63, 3.8) is 0 Å². The normalized spacial score (nSPS) is 19.9. The van der Waals surface area contributed by atoms with Crippen LogP contribution in [0.15, 0.2) is 24.5 Å². The van der Waals surface area contributed by atoms with Gasteiger partial charge in [-0.05, 0) is 56.1 Å². The van der Waals surface area contributed by atoms with Crippen molar-refractivity contribution in [1.29, 1.82) is 0 Å². The number of fused-ring (bicyclic) bond motifs is 1. The number of ether oxygens (including phenoxy) is 1. The number of nitrogens with zero attached hydrogens (tertiary/aromatic N) is 2. The zero-order chi connectivity index (χ0) is 24.1. The minimum atomic E-state index is -1.22. The Morgan fingerprint density at radius 1 is 1.32 bits per heavy atom. The summed E-state index contributed by atoms with van der Waals surface area (Å²) < 4.78 is 19.7. The van der Waals surface area contributed by atoms with E-state index in [4.69, 9.17) is 21.3 Å². The molecule has 1 atom stereocenters. The zero-order valence-electron chi connectivity index (χ0n) is 18.7. The molecule has 3 heterocycles. The lowest BCUT2D eigenvalue weighted by atomic mass is 9.79. The summed E-state index contributed by atoms with van der Waals surface area (Å²) in [6.07, 6.45) is 8.17. The second kappa shape index (κ2) is 11.1. The molecule has 4 rings (SSSR count). The summed E-state index contributed by atoms with van der Waals surface area (Å²) in [4.78, 5) is 32.1. The third-order valence-corrected chi connectivity index (χ3v) is 6.68. The second-order valence-corrected chi connectivity index (χ2v) is 9.25. The Morgan fingerprint density at radius 3 is 2.91 bits per heavy atom. The minimum absolute atomic E-state index is 0.0681. The molecule has 1 aliphatic carbocycles. The van der Waals surface area contributed by atoms with Crippen LogP contribution in [0.4, 0.5) is 10.2 Å². The molecule has 2 aromatic heterocycles. The van der Waals surface area contributed by atoms with Gasteiger partial charge in [0.2, 0.25) is 0 Å². The molecule has 1 saturated carbocycles. The summed E-state index contributed by atoms with van der Waals surface area (Å²) in [7, 11) is 0. The van der Waals surface area contributed by atoms with E-state index in [1.165, 1.54) is 5.56 Å². The number of carboxylic acids is 1. The SMILES string of the molecule is O=C(N[C@@H](CCOC1CC(CCc2ccc3c(n2)NCCC3)C1)C(=O)O)c1c(F)cncc1Cl. The summed E-state index contributed by atoms with van der Waals surface area (Å²) >= 11 is 5.83. The number of amides is 1. The molecule has 0 aromatic carbocycles. The Hall–Kier alpha value is -2.78. The molecule has 34 heavy (non-hydrogen) atoms. The number of carbonyl (C=O) groups excluding carboxylic acids is 1. The highest BCUT2D eigenvalue weighted by molar-refractivity contribution is 6.33. The first kappa shape index (κ1) is 24.3. The monoisotopic (exact) mass is 490 g/mol.